The van der Waals surface area contributed by atoms with Gasteiger partial charge < -0.3 is 0 Å². The second kappa shape index (κ2) is 4.41. The number of pyridine rings is 1. The first-order valence-corrected chi connectivity index (χ1v) is 5.89. The van der Waals surface area contributed by atoms with Gasteiger partial charge in [0.05, 0.1) is 11.2 Å². The number of benzene rings is 2. The molecule has 0 aliphatic heterocycles. The number of fused-ring (bicyclic) bond motifs is 6. The molecule has 0 unspecified atom stereocenters. The average molecular weight is 424 g/mol. The molecule has 0 bridgehead atoms. The van der Waals surface area contributed by atoms with Crippen molar-refractivity contribution in [2.75, 3.05) is 0 Å². The van der Waals surface area contributed by atoms with Gasteiger partial charge in [-0.1, -0.05) is 29.0 Å². The quantitative estimate of drug-likeness (QED) is 0.321. The Labute approximate surface area is 123 Å². The van der Waals surface area contributed by atoms with Crippen LogP contribution >= 0.6 is 0 Å². The molecular weight excluding hydrogens is 414 g/mol. The van der Waals surface area contributed by atoms with E-state index in [0.29, 0.717) is 0 Å². The molecule has 4 heteroatoms. The zero-order chi connectivity index (χ0) is 12.1. The topological polar surface area (TPSA) is 30.2 Å². The SMILES string of the molecule is Cc1nc2c3[c-]cccc3c3ccccc3n2n1.[Ir]. The Morgan fingerprint density at radius 3 is 2.74 bits per heavy atom. The first-order chi connectivity index (χ1) is 8.84. The van der Waals surface area contributed by atoms with E-state index in [-0.39, 0.29) is 20.1 Å². The van der Waals surface area contributed by atoms with Crippen LogP contribution in [0.1, 0.15) is 5.82 Å². The average Bonchev–Trinajstić information content (AvgIpc) is 2.81. The summed E-state index contributed by atoms with van der Waals surface area (Å²) in [5.74, 6) is 0.782. The summed E-state index contributed by atoms with van der Waals surface area (Å²) in [6.07, 6.45) is 0. The summed E-state index contributed by atoms with van der Waals surface area (Å²) < 4.78 is 1.91. The Balaban J connectivity index is 0.00000110. The number of nitrogens with zero attached hydrogens (tertiary/aromatic N) is 3. The summed E-state index contributed by atoms with van der Waals surface area (Å²) >= 11 is 0. The van der Waals surface area contributed by atoms with Crippen molar-refractivity contribution in [3.63, 3.8) is 0 Å². The Morgan fingerprint density at radius 2 is 1.84 bits per heavy atom. The van der Waals surface area contributed by atoms with E-state index in [4.69, 9.17) is 0 Å². The summed E-state index contributed by atoms with van der Waals surface area (Å²) in [6, 6.07) is 17.6. The Bertz CT molecular complexity index is 823. The number of rotatable bonds is 0. The van der Waals surface area contributed by atoms with Crippen molar-refractivity contribution in [2.45, 2.75) is 6.92 Å². The van der Waals surface area contributed by atoms with Crippen LogP contribution in [0.25, 0.3) is 27.3 Å². The van der Waals surface area contributed by atoms with E-state index in [2.05, 4.69) is 34.3 Å². The van der Waals surface area contributed by atoms with Crippen LogP contribution in [0.15, 0.2) is 42.5 Å². The molecule has 0 saturated heterocycles. The zero-order valence-corrected chi connectivity index (χ0v) is 12.6. The number of hydrogen-bond donors (Lipinski definition) is 0. The zero-order valence-electron chi connectivity index (χ0n) is 10.2. The van der Waals surface area contributed by atoms with E-state index in [0.717, 1.165) is 22.4 Å². The fourth-order valence-corrected chi connectivity index (χ4v) is 2.48. The van der Waals surface area contributed by atoms with Gasteiger partial charge in [-0.3, -0.25) is 9.50 Å². The molecule has 4 aromatic rings. The maximum absolute atomic E-state index is 4.51. The summed E-state index contributed by atoms with van der Waals surface area (Å²) in [6.45, 7) is 1.91. The van der Waals surface area contributed by atoms with E-state index in [1.165, 1.54) is 10.8 Å². The van der Waals surface area contributed by atoms with E-state index >= 15 is 0 Å². The molecule has 2 aromatic heterocycles. The molecule has 4 rings (SSSR count). The molecule has 0 aliphatic rings. The second-order valence-corrected chi connectivity index (χ2v) is 4.37. The summed E-state index contributed by atoms with van der Waals surface area (Å²) in [4.78, 5) is 4.51. The van der Waals surface area contributed by atoms with Crippen molar-refractivity contribution < 1.29 is 20.1 Å². The van der Waals surface area contributed by atoms with Crippen molar-refractivity contribution in [3.8, 4) is 0 Å². The fourth-order valence-electron chi connectivity index (χ4n) is 2.48. The summed E-state index contributed by atoms with van der Waals surface area (Å²) in [7, 11) is 0. The molecular formula is C15H10IrN3-. The molecule has 0 aliphatic carbocycles. The number of aryl methyl sites for hydroxylation is 1. The van der Waals surface area contributed by atoms with Crippen LogP contribution < -0.4 is 0 Å². The Hall–Kier alpha value is -1.77. The standard InChI is InChI=1S/C15H10N3.Ir/c1-10-16-15-13-8-3-2-6-11(13)12-7-4-5-9-14(12)18(15)17-10;/h2-7,9H,1H3;/q-1;. The van der Waals surface area contributed by atoms with Gasteiger partial charge in [-0.15, -0.1) is 24.3 Å². The molecule has 0 fully saturated rings. The number of hydrogen-bond acceptors (Lipinski definition) is 2. The number of para-hydroxylation sites is 1. The van der Waals surface area contributed by atoms with Gasteiger partial charge in [0.1, 0.15) is 5.82 Å². The predicted octanol–water partition coefficient (Wildman–Crippen LogP) is 3.14. The van der Waals surface area contributed by atoms with Crippen molar-refractivity contribution >= 4 is 27.3 Å². The molecule has 2 heterocycles. The maximum atomic E-state index is 4.51. The molecule has 0 saturated carbocycles. The predicted molar refractivity (Wildman–Crippen MR) is 71.6 cm³/mol. The Morgan fingerprint density at radius 1 is 1.05 bits per heavy atom. The van der Waals surface area contributed by atoms with Gasteiger partial charge in [-0.25, -0.2) is 0 Å². The molecule has 0 amide bonds. The minimum atomic E-state index is 0. The third-order valence-electron chi connectivity index (χ3n) is 3.22. The molecule has 2 aromatic carbocycles. The van der Waals surface area contributed by atoms with Crippen LogP contribution in [-0.4, -0.2) is 14.6 Å². The van der Waals surface area contributed by atoms with Crippen LogP contribution in [0.3, 0.4) is 0 Å². The smallest absolute Gasteiger partial charge is 0.137 e. The largest absolute Gasteiger partial charge is 0.262 e. The third-order valence-corrected chi connectivity index (χ3v) is 3.22. The summed E-state index contributed by atoms with van der Waals surface area (Å²) in [5.41, 5.74) is 1.96. The van der Waals surface area contributed by atoms with Crippen molar-refractivity contribution in [3.05, 3.63) is 54.4 Å². The minimum Gasteiger partial charge on any atom is -0.262 e. The van der Waals surface area contributed by atoms with Crippen molar-refractivity contribution in [1.82, 2.24) is 14.6 Å². The monoisotopic (exact) mass is 425 g/mol. The van der Waals surface area contributed by atoms with Crippen LogP contribution in [-0.2, 0) is 20.1 Å². The third kappa shape index (κ3) is 1.68. The van der Waals surface area contributed by atoms with Crippen LogP contribution in [0, 0.1) is 13.0 Å². The first-order valence-electron chi connectivity index (χ1n) is 5.89. The normalized spacial score (nSPS) is 11.0. The molecule has 3 nitrogen and oxygen atoms in total. The van der Waals surface area contributed by atoms with Gasteiger partial charge in [0.25, 0.3) is 0 Å². The molecule has 0 atom stereocenters. The van der Waals surface area contributed by atoms with E-state index in [9.17, 15) is 0 Å². The van der Waals surface area contributed by atoms with Crippen molar-refractivity contribution in [1.29, 1.82) is 0 Å². The van der Waals surface area contributed by atoms with Crippen molar-refractivity contribution in [2.24, 2.45) is 0 Å². The maximum Gasteiger partial charge on any atom is 0.137 e. The molecule has 95 valence electrons. The number of aromatic nitrogens is 3. The summed E-state index contributed by atoms with van der Waals surface area (Å²) in [5, 5.41) is 7.86. The van der Waals surface area contributed by atoms with E-state index in [1.807, 2.05) is 35.7 Å². The molecule has 1 radical (unpaired) electrons. The molecule has 0 N–H and O–H groups in total. The van der Waals surface area contributed by atoms with Gasteiger partial charge in [0.2, 0.25) is 0 Å². The van der Waals surface area contributed by atoms with Gasteiger partial charge in [0, 0.05) is 20.1 Å². The van der Waals surface area contributed by atoms with Gasteiger partial charge in [0.15, 0.2) is 0 Å². The van der Waals surface area contributed by atoms with E-state index < -0.39 is 0 Å². The second-order valence-electron chi connectivity index (χ2n) is 4.37. The first kappa shape index (κ1) is 12.3. The van der Waals surface area contributed by atoms with Crippen LogP contribution in [0.4, 0.5) is 0 Å². The molecule has 0 spiro atoms. The van der Waals surface area contributed by atoms with Crippen LogP contribution in [0.5, 0.6) is 0 Å². The van der Waals surface area contributed by atoms with Crippen LogP contribution in [0.2, 0.25) is 0 Å². The van der Waals surface area contributed by atoms with Gasteiger partial charge in [-0.2, -0.15) is 5.10 Å². The van der Waals surface area contributed by atoms with Gasteiger partial charge in [-0.05, 0) is 18.4 Å². The minimum absolute atomic E-state index is 0. The van der Waals surface area contributed by atoms with E-state index in [1.54, 1.807) is 0 Å². The Kier molecular flexibility index (Phi) is 2.85. The molecule has 19 heavy (non-hydrogen) atoms. The van der Waals surface area contributed by atoms with Gasteiger partial charge >= 0.3 is 0 Å². The fraction of sp³-hybridized carbons (Fsp3) is 0.0667.